The topological polar surface area (TPSA) is 59.9 Å². The van der Waals surface area contributed by atoms with Gasteiger partial charge in [-0.25, -0.2) is 4.79 Å². The fourth-order valence-electron chi connectivity index (χ4n) is 3.77. The average molecular weight is 316 g/mol. The summed E-state index contributed by atoms with van der Waals surface area (Å²) >= 11 is 0. The summed E-state index contributed by atoms with van der Waals surface area (Å²) in [6.07, 6.45) is 7.91. The van der Waals surface area contributed by atoms with Gasteiger partial charge in [-0.2, -0.15) is 4.99 Å². The van der Waals surface area contributed by atoms with Crippen molar-refractivity contribution in [3.8, 4) is 11.5 Å². The Balaban J connectivity index is 1.94. The molecule has 0 radical (unpaired) electrons. The highest BCUT2D eigenvalue weighted by atomic mass is 16.5. The van der Waals surface area contributed by atoms with Crippen molar-refractivity contribution in [2.24, 2.45) is 4.99 Å². The molecular weight excluding hydrogens is 292 g/mol. The number of hydrogen-bond donors (Lipinski definition) is 1. The van der Waals surface area contributed by atoms with Crippen LogP contribution in [0.2, 0.25) is 0 Å². The number of aliphatic imine (C=N–C) groups is 1. The molecule has 1 atom stereocenters. The monoisotopic (exact) mass is 316 g/mol. The number of hydrogen-bond acceptors (Lipinski definition) is 5. The number of methoxy groups -OCH3 is 1. The number of carbonyl (C=O) groups excluding carboxylic acids is 1. The number of benzene rings is 1. The molecule has 1 saturated carbocycles. The van der Waals surface area contributed by atoms with Gasteiger partial charge in [0.2, 0.25) is 6.08 Å². The highest BCUT2D eigenvalue weighted by Crippen LogP contribution is 2.48. The molecule has 0 spiro atoms. The summed E-state index contributed by atoms with van der Waals surface area (Å²) in [4.78, 5) is 15.1. The van der Waals surface area contributed by atoms with Crippen molar-refractivity contribution in [2.45, 2.75) is 50.2 Å². The Labute approximate surface area is 137 Å². The fourth-order valence-corrected chi connectivity index (χ4v) is 3.77. The summed E-state index contributed by atoms with van der Waals surface area (Å²) in [5, 5.41) is 3.35. The van der Waals surface area contributed by atoms with E-state index < -0.39 is 5.54 Å². The maximum atomic E-state index is 11.0. The summed E-state index contributed by atoms with van der Waals surface area (Å²) in [6.45, 7) is 1.90. The lowest BCUT2D eigenvalue weighted by Crippen LogP contribution is -2.37. The van der Waals surface area contributed by atoms with E-state index in [9.17, 15) is 4.79 Å². The van der Waals surface area contributed by atoms with Gasteiger partial charge in [0.1, 0.15) is 11.6 Å². The van der Waals surface area contributed by atoms with Gasteiger partial charge in [0.15, 0.2) is 11.5 Å². The average Bonchev–Trinajstić information content (AvgIpc) is 3.06. The van der Waals surface area contributed by atoms with Crippen LogP contribution in [0.15, 0.2) is 23.2 Å². The summed E-state index contributed by atoms with van der Waals surface area (Å²) in [7, 11) is 1.65. The Kier molecular flexibility index (Phi) is 4.99. The molecule has 124 valence electrons. The van der Waals surface area contributed by atoms with Crippen molar-refractivity contribution in [1.82, 2.24) is 5.32 Å². The molecule has 2 fully saturated rings. The third kappa shape index (κ3) is 3.26. The zero-order valence-electron chi connectivity index (χ0n) is 13.6. The molecule has 23 heavy (non-hydrogen) atoms. The first-order chi connectivity index (χ1) is 11.3. The zero-order valence-corrected chi connectivity index (χ0v) is 13.6. The van der Waals surface area contributed by atoms with Gasteiger partial charge in [-0.05, 0) is 38.3 Å². The lowest BCUT2D eigenvalue weighted by Gasteiger charge is -2.28. The van der Waals surface area contributed by atoms with Crippen molar-refractivity contribution in [1.29, 1.82) is 0 Å². The third-order valence-corrected chi connectivity index (χ3v) is 4.92. The van der Waals surface area contributed by atoms with Crippen LogP contribution in [-0.2, 0) is 10.3 Å². The van der Waals surface area contributed by atoms with Gasteiger partial charge >= 0.3 is 0 Å². The minimum Gasteiger partial charge on any atom is -0.492 e. The first kappa shape index (κ1) is 16.0. The molecule has 0 amide bonds. The SMILES string of the molecule is COc1c(OC2CCCNC2)cccc1C1(N=C=O)CCCC1. The van der Waals surface area contributed by atoms with Gasteiger partial charge in [0.05, 0.1) is 7.11 Å². The molecule has 5 nitrogen and oxygen atoms in total. The van der Waals surface area contributed by atoms with E-state index in [1.165, 1.54) is 0 Å². The molecule has 1 aliphatic heterocycles. The maximum Gasteiger partial charge on any atom is 0.235 e. The summed E-state index contributed by atoms with van der Waals surface area (Å²) in [6, 6.07) is 5.89. The predicted molar refractivity (Wildman–Crippen MR) is 87.8 cm³/mol. The van der Waals surface area contributed by atoms with Gasteiger partial charge in [0.25, 0.3) is 0 Å². The quantitative estimate of drug-likeness (QED) is 0.670. The Hall–Kier alpha value is -1.84. The van der Waals surface area contributed by atoms with E-state index in [2.05, 4.69) is 10.3 Å². The van der Waals surface area contributed by atoms with E-state index in [0.717, 1.165) is 62.9 Å². The molecule has 1 unspecified atom stereocenters. The maximum absolute atomic E-state index is 11.0. The molecule has 3 rings (SSSR count). The number of rotatable bonds is 5. The van der Waals surface area contributed by atoms with Gasteiger partial charge in [-0.1, -0.05) is 25.0 Å². The number of nitrogens with zero attached hydrogens (tertiary/aromatic N) is 1. The molecule has 1 heterocycles. The van der Waals surface area contributed by atoms with Gasteiger partial charge < -0.3 is 14.8 Å². The highest BCUT2D eigenvalue weighted by molar-refractivity contribution is 5.52. The van der Waals surface area contributed by atoms with Crippen molar-refractivity contribution in [2.75, 3.05) is 20.2 Å². The van der Waals surface area contributed by atoms with Gasteiger partial charge in [0, 0.05) is 12.1 Å². The number of ether oxygens (including phenoxy) is 2. The number of para-hydroxylation sites is 1. The number of piperidine rings is 1. The predicted octanol–water partition coefficient (Wildman–Crippen LogP) is 2.93. The lowest BCUT2D eigenvalue weighted by molar-refractivity contribution is 0.160. The van der Waals surface area contributed by atoms with Crippen LogP contribution < -0.4 is 14.8 Å². The Morgan fingerprint density at radius 2 is 2.13 bits per heavy atom. The van der Waals surface area contributed by atoms with E-state index in [1.807, 2.05) is 18.2 Å². The van der Waals surface area contributed by atoms with Crippen molar-refractivity contribution in [3.63, 3.8) is 0 Å². The van der Waals surface area contributed by atoms with E-state index in [4.69, 9.17) is 9.47 Å². The molecule has 1 aromatic rings. The van der Waals surface area contributed by atoms with Crippen LogP contribution in [-0.4, -0.2) is 32.4 Å². The van der Waals surface area contributed by atoms with Crippen LogP contribution in [0.5, 0.6) is 11.5 Å². The van der Waals surface area contributed by atoms with Crippen LogP contribution in [0, 0.1) is 0 Å². The molecule has 2 aliphatic rings. The second-order valence-corrected chi connectivity index (χ2v) is 6.36. The van der Waals surface area contributed by atoms with E-state index >= 15 is 0 Å². The highest BCUT2D eigenvalue weighted by Gasteiger charge is 2.39. The van der Waals surface area contributed by atoms with Crippen LogP contribution in [0.4, 0.5) is 0 Å². The smallest absolute Gasteiger partial charge is 0.235 e. The summed E-state index contributed by atoms with van der Waals surface area (Å²) in [5.74, 6) is 1.45. The lowest BCUT2D eigenvalue weighted by atomic mass is 9.88. The molecule has 1 aliphatic carbocycles. The standard InChI is InChI=1S/C18H24N2O3/c1-22-17-15(18(20-13-21)9-2-3-10-18)7-4-8-16(17)23-14-6-5-11-19-12-14/h4,7-8,14,19H,2-3,5-6,9-12H2,1H3. The molecule has 5 heteroatoms. The molecule has 1 N–H and O–H groups in total. The molecule has 0 aromatic heterocycles. The molecular formula is C18H24N2O3. The van der Waals surface area contributed by atoms with Crippen LogP contribution >= 0.6 is 0 Å². The second-order valence-electron chi connectivity index (χ2n) is 6.36. The first-order valence-electron chi connectivity index (χ1n) is 8.43. The minimum atomic E-state index is -0.503. The number of nitrogens with one attached hydrogen (secondary N) is 1. The molecule has 1 saturated heterocycles. The van der Waals surface area contributed by atoms with Crippen LogP contribution in [0.3, 0.4) is 0 Å². The first-order valence-corrected chi connectivity index (χ1v) is 8.43. The Morgan fingerprint density at radius 1 is 1.30 bits per heavy atom. The normalized spacial score (nSPS) is 23.1. The fraction of sp³-hybridized carbons (Fsp3) is 0.611. The Morgan fingerprint density at radius 3 is 2.78 bits per heavy atom. The summed E-state index contributed by atoms with van der Waals surface area (Å²) < 4.78 is 11.8. The van der Waals surface area contributed by atoms with Gasteiger partial charge in [-0.15, -0.1) is 0 Å². The second kappa shape index (κ2) is 7.16. The van der Waals surface area contributed by atoms with Crippen molar-refractivity contribution >= 4 is 6.08 Å². The molecule has 0 bridgehead atoms. The molecule has 1 aromatic carbocycles. The third-order valence-electron chi connectivity index (χ3n) is 4.92. The van der Waals surface area contributed by atoms with Crippen LogP contribution in [0.25, 0.3) is 0 Å². The van der Waals surface area contributed by atoms with E-state index in [0.29, 0.717) is 5.75 Å². The van der Waals surface area contributed by atoms with Crippen LogP contribution in [0.1, 0.15) is 44.1 Å². The van der Waals surface area contributed by atoms with E-state index in [1.54, 1.807) is 13.2 Å². The summed E-state index contributed by atoms with van der Waals surface area (Å²) in [5.41, 5.74) is 0.444. The van der Waals surface area contributed by atoms with E-state index in [-0.39, 0.29) is 6.10 Å². The largest absolute Gasteiger partial charge is 0.492 e. The number of isocyanates is 1. The zero-order chi connectivity index (χ0) is 16.1. The van der Waals surface area contributed by atoms with Crippen molar-refractivity contribution in [3.05, 3.63) is 23.8 Å². The minimum absolute atomic E-state index is 0.155. The Bertz CT molecular complexity index is 584. The van der Waals surface area contributed by atoms with Crippen molar-refractivity contribution < 1.29 is 14.3 Å². The van der Waals surface area contributed by atoms with Gasteiger partial charge in [-0.3, -0.25) is 0 Å².